The van der Waals surface area contributed by atoms with Crippen LogP contribution in [-0.4, -0.2) is 24.5 Å². The number of anilines is 1. The van der Waals surface area contributed by atoms with Crippen molar-refractivity contribution in [2.75, 3.05) is 4.31 Å². The van der Waals surface area contributed by atoms with Gasteiger partial charge in [-0.1, -0.05) is 41.9 Å². The third-order valence-corrected chi connectivity index (χ3v) is 6.35. The molecule has 1 heterocycles. The number of alkyl halides is 3. The van der Waals surface area contributed by atoms with Crippen LogP contribution >= 0.6 is 11.6 Å². The van der Waals surface area contributed by atoms with Gasteiger partial charge in [0.25, 0.3) is 10.0 Å². The van der Waals surface area contributed by atoms with Crippen molar-refractivity contribution < 1.29 is 35.9 Å². The lowest BCUT2D eigenvalue weighted by Crippen LogP contribution is -2.32. The van der Waals surface area contributed by atoms with Gasteiger partial charge in [0.05, 0.1) is 22.7 Å². The Bertz CT molecular complexity index is 1270. The molecule has 0 unspecified atom stereocenters. The highest BCUT2D eigenvalue weighted by atomic mass is 35.5. The average molecular weight is 489 g/mol. The molecule has 3 aromatic rings. The van der Waals surface area contributed by atoms with Crippen molar-refractivity contribution in [3.05, 3.63) is 88.3 Å². The monoisotopic (exact) mass is 488 g/mol. The standard InChI is InChI=1S/C20H13ClF4N2O4S/c21-15-9-14(20(23,24)25)10-26-18(15)27(11-12-4-2-1-3-5-12)32(30,31)17-7-6-13(19(28)29)8-16(17)22/h1-10H,11H2,(H,28,29). The topological polar surface area (TPSA) is 87.6 Å². The molecular weight excluding hydrogens is 476 g/mol. The van der Waals surface area contributed by atoms with Gasteiger partial charge in [0.2, 0.25) is 0 Å². The molecule has 2 aromatic carbocycles. The number of halogens is 5. The molecule has 1 N–H and O–H groups in total. The number of carboxylic acid groups (broad SMARTS) is 1. The van der Waals surface area contributed by atoms with Crippen molar-refractivity contribution in [1.29, 1.82) is 0 Å². The largest absolute Gasteiger partial charge is 0.478 e. The minimum atomic E-state index is -4.77. The minimum Gasteiger partial charge on any atom is -0.478 e. The summed E-state index contributed by atoms with van der Waals surface area (Å²) < 4.78 is 80.6. The van der Waals surface area contributed by atoms with Crippen LogP contribution in [0.25, 0.3) is 0 Å². The average Bonchev–Trinajstić information content (AvgIpc) is 2.72. The van der Waals surface area contributed by atoms with E-state index in [1.54, 1.807) is 30.3 Å². The van der Waals surface area contributed by atoms with Crippen molar-refractivity contribution in [2.45, 2.75) is 17.6 Å². The number of rotatable bonds is 6. The lowest BCUT2D eigenvalue weighted by Gasteiger charge is -2.25. The predicted octanol–water partition coefficient (Wildman–Crippen LogP) is 4.99. The van der Waals surface area contributed by atoms with Crippen molar-refractivity contribution in [2.24, 2.45) is 0 Å². The van der Waals surface area contributed by atoms with Gasteiger partial charge in [0.15, 0.2) is 5.82 Å². The second kappa shape index (κ2) is 8.75. The van der Waals surface area contributed by atoms with E-state index in [0.29, 0.717) is 28.2 Å². The lowest BCUT2D eigenvalue weighted by molar-refractivity contribution is -0.137. The summed E-state index contributed by atoms with van der Waals surface area (Å²) in [5, 5.41) is 8.34. The Kier molecular flexibility index (Phi) is 6.42. The van der Waals surface area contributed by atoms with Gasteiger partial charge in [0, 0.05) is 6.20 Å². The summed E-state index contributed by atoms with van der Waals surface area (Å²) in [6.07, 6.45) is -4.35. The van der Waals surface area contributed by atoms with Gasteiger partial charge in [0.1, 0.15) is 10.7 Å². The van der Waals surface area contributed by atoms with Crippen LogP contribution in [0.2, 0.25) is 5.02 Å². The third-order valence-electron chi connectivity index (χ3n) is 4.30. The number of carboxylic acids is 1. The number of pyridine rings is 1. The van der Waals surface area contributed by atoms with Crippen LogP contribution in [-0.2, 0) is 22.7 Å². The molecule has 0 saturated carbocycles. The second-order valence-corrected chi connectivity index (χ2v) is 8.71. The van der Waals surface area contributed by atoms with Crippen LogP contribution in [0.4, 0.5) is 23.4 Å². The Hall–Kier alpha value is -3.18. The summed E-state index contributed by atoms with van der Waals surface area (Å²) in [6, 6.07) is 10.6. The molecule has 0 saturated heterocycles. The van der Waals surface area contributed by atoms with Crippen LogP contribution in [0.5, 0.6) is 0 Å². The van der Waals surface area contributed by atoms with E-state index in [4.69, 9.17) is 16.7 Å². The number of carbonyl (C=O) groups is 1. The van der Waals surface area contributed by atoms with Gasteiger partial charge in [-0.15, -0.1) is 0 Å². The number of hydrogen-bond acceptors (Lipinski definition) is 4. The van der Waals surface area contributed by atoms with Gasteiger partial charge in [-0.25, -0.2) is 26.9 Å². The molecule has 0 fully saturated rings. The quantitative estimate of drug-likeness (QED) is 0.494. The van der Waals surface area contributed by atoms with Crippen LogP contribution in [0, 0.1) is 5.82 Å². The Morgan fingerprint density at radius 2 is 1.75 bits per heavy atom. The van der Waals surface area contributed by atoms with Crippen molar-refractivity contribution in [3.8, 4) is 0 Å². The number of sulfonamides is 1. The second-order valence-electron chi connectivity index (χ2n) is 6.47. The van der Waals surface area contributed by atoms with Crippen molar-refractivity contribution in [3.63, 3.8) is 0 Å². The van der Waals surface area contributed by atoms with Gasteiger partial charge in [-0.3, -0.25) is 0 Å². The molecule has 0 radical (unpaired) electrons. The van der Waals surface area contributed by atoms with Gasteiger partial charge in [-0.2, -0.15) is 13.2 Å². The zero-order chi connectivity index (χ0) is 23.7. The van der Waals surface area contributed by atoms with Crippen LogP contribution in [0.15, 0.2) is 65.7 Å². The molecule has 6 nitrogen and oxygen atoms in total. The molecular formula is C20H13ClF4N2O4S. The number of benzene rings is 2. The summed E-state index contributed by atoms with van der Waals surface area (Å²) in [5.74, 6) is -3.38. The van der Waals surface area contributed by atoms with Crippen LogP contribution in [0.3, 0.4) is 0 Å². The Balaban J connectivity index is 2.16. The number of hydrogen-bond donors (Lipinski definition) is 1. The van der Waals surface area contributed by atoms with E-state index in [0.717, 1.165) is 12.1 Å². The first-order valence-electron chi connectivity index (χ1n) is 8.73. The van der Waals surface area contributed by atoms with E-state index in [1.807, 2.05) is 0 Å². The molecule has 0 aliphatic rings. The van der Waals surface area contributed by atoms with Crippen LogP contribution in [0.1, 0.15) is 21.5 Å². The maximum atomic E-state index is 14.6. The maximum Gasteiger partial charge on any atom is 0.417 e. The molecule has 0 aliphatic heterocycles. The molecule has 0 spiro atoms. The highest BCUT2D eigenvalue weighted by Crippen LogP contribution is 2.36. The van der Waals surface area contributed by atoms with E-state index in [1.165, 1.54) is 0 Å². The third kappa shape index (κ3) is 4.83. The molecule has 12 heteroatoms. The Labute approximate surface area is 184 Å². The van der Waals surface area contributed by atoms with E-state index in [-0.39, 0.29) is 0 Å². The van der Waals surface area contributed by atoms with E-state index >= 15 is 0 Å². The molecule has 0 amide bonds. The fourth-order valence-corrected chi connectivity index (χ4v) is 4.55. The molecule has 0 aliphatic carbocycles. The highest BCUT2D eigenvalue weighted by molar-refractivity contribution is 7.92. The van der Waals surface area contributed by atoms with Crippen molar-refractivity contribution >= 4 is 33.4 Å². The van der Waals surface area contributed by atoms with E-state index in [2.05, 4.69) is 4.98 Å². The fourth-order valence-electron chi connectivity index (χ4n) is 2.75. The van der Waals surface area contributed by atoms with E-state index in [9.17, 15) is 30.8 Å². The molecule has 0 bridgehead atoms. The number of aromatic nitrogens is 1. The summed E-state index contributed by atoms with van der Waals surface area (Å²) >= 11 is 5.96. The predicted molar refractivity (Wildman–Crippen MR) is 107 cm³/mol. The number of aromatic carboxylic acids is 1. The Morgan fingerprint density at radius 3 is 2.28 bits per heavy atom. The first-order chi connectivity index (χ1) is 14.9. The summed E-state index contributed by atoms with van der Waals surface area (Å²) in [7, 11) is -4.76. The zero-order valence-electron chi connectivity index (χ0n) is 15.8. The maximum absolute atomic E-state index is 14.6. The molecule has 0 atom stereocenters. The van der Waals surface area contributed by atoms with Gasteiger partial charge < -0.3 is 5.11 Å². The smallest absolute Gasteiger partial charge is 0.417 e. The summed E-state index contributed by atoms with van der Waals surface area (Å²) in [6.45, 7) is -0.429. The highest BCUT2D eigenvalue weighted by Gasteiger charge is 2.35. The van der Waals surface area contributed by atoms with Crippen molar-refractivity contribution in [1.82, 2.24) is 4.98 Å². The van der Waals surface area contributed by atoms with Gasteiger partial charge in [-0.05, 0) is 29.8 Å². The minimum absolute atomic E-state index is 0.413. The Morgan fingerprint density at radius 1 is 1.09 bits per heavy atom. The fraction of sp³-hybridized carbons (Fsp3) is 0.100. The normalized spacial score (nSPS) is 11.9. The number of nitrogens with zero attached hydrogens (tertiary/aromatic N) is 2. The molecule has 3 rings (SSSR count). The SMILES string of the molecule is O=C(O)c1ccc(S(=O)(=O)N(Cc2ccccc2)c2ncc(C(F)(F)F)cc2Cl)c(F)c1. The van der Waals surface area contributed by atoms with Crippen LogP contribution < -0.4 is 4.31 Å². The lowest BCUT2D eigenvalue weighted by atomic mass is 10.2. The first-order valence-corrected chi connectivity index (χ1v) is 10.6. The van der Waals surface area contributed by atoms with Gasteiger partial charge >= 0.3 is 12.1 Å². The molecule has 1 aromatic heterocycles. The molecule has 168 valence electrons. The van der Waals surface area contributed by atoms with E-state index < -0.39 is 61.4 Å². The first kappa shape index (κ1) is 23.5. The zero-order valence-corrected chi connectivity index (χ0v) is 17.4. The molecule has 32 heavy (non-hydrogen) atoms. The summed E-state index contributed by atoms with van der Waals surface area (Å²) in [5.41, 5.74) is -1.27. The summed E-state index contributed by atoms with van der Waals surface area (Å²) in [4.78, 5) is 13.7.